The first-order chi connectivity index (χ1) is 11.0. The van der Waals surface area contributed by atoms with Crippen LogP contribution in [0.5, 0.6) is 5.75 Å². The van der Waals surface area contributed by atoms with Gasteiger partial charge in [0, 0.05) is 18.3 Å². The molecule has 0 aliphatic carbocycles. The van der Waals surface area contributed by atoms with Gasteiger partial charge in [-0.05, 0) is 49.2 Å². The summed E-state index contributed by atoms with van der Waals surface area (Å²) in [5.41, 5.74) is 3.19. The lowest BCUT2D eigenvalue weighted by Gasteiger charge is -2.13. The van der Waals surface area contributed by atoms with Crippen molar-refractivity contribution in [2.75, 3.05) is 17.2 Å². The number of rotatable bonds is 5. The molecule has 0 saturated heterocycles. The summed E-state index contributed by atoms with van der Waals surface area (Å²) in [7, 11) is 0. The number of hydrogen-bond acceptors (Lipinski definition) is 3. The topological polar surface area (TPSA) is 67.4 Å². The van der Waals surface area contributed by atoms with E-state index in [9.17, 15) is 9.59 Å². The molecule has 0 fully saturated rings. The molecule has 5 nitrogen and oxygen atoms in total. The average Bonchev–Trinajstić information content (AvgIpc) is 2.49. The lowest BCUT2D eigenvalue weighted by Crippen LogP contribution is -2.21. The van der Waals surface area contributed by atoms with Crippen LogP contribution in [-0.4, -0.2) is 18.4 Å². The van der Waals surface area contributed by atoms with Gasteiger partial charge in [-0.15, -0.1) is 0 Å². The quantitative estimate of drug-likeness (QED) is 0.890. The molecule has 2 amide bonds. The Morgan fingerprint density at radius 3 is 2.30 bits per heavy atom. The van der Waals surface area contributed by atoms with Gasteiger partial charge in [-0.3, -0.25) is 9.59 Å². The number of ether oxygens (including phenoxy) is 1. The first-order valence-electron chi connectivity index (χ1n) is 7.32. The Morgan fingerprint density at radius 1 is 1.00 bits per heavy atom. The van der Waals surface area contributed by atoms with Crippen molar-refractivity contribution in [2.45, 2.75) is 20.8 Å². The SMILES string of the molecule is CC(=O)Nc1cccc(NC(=O)COc2cccc(C)c2)c1C. The summed E-state index contributed by atoms with van der Waals surface area (Å²) in [6.45, 7) is 5.17. The highest BCUT2D eigenvalue weighted by molar-refractivity contribution is 5.95. The molecule has 2 aromatic rings. The van der Waals surface area contributed by atoms with Crippen molar-refractivity contribution in [2.24, 2.45) is 0 Å². The molecule has 0 bridgehead atoms. The second-order valence-electron chi connectivity index (χ2n) is 5.31. The number of benzene rings is 2. The van der Waals surface area contributed by atoms with Crippen LogP contribution in [-0.2, 0) is 9.59 Å². The van der Waals surface area contributed by atoms with Crippen LogP contribution in [0, 0.1) is 13.8 Å². The Bertz CT molecular complexity index is 726. The Balaban J connectivity index is 1.99. The van der Waals surface area contributed by atoms with Crippen molar-refractivity contribution >= 4 is 23.2 Å². The zero-order valence-electron chi connectivity index (χ0n) is 13.5. The van der Waals surface area contributed by atoms with E-state index in [1.165, 1.54) is 6.92 Å². The summed E-state index contributed by atoms with van der Waals surface area (Å²) < 4.78 is 5.47. The van der Waals surface area contributed by atoms with E-state index in [1.807, 2.05) is 38.1 Å². The lowest BCUT2D eigenvalue weighted by atomic mass is 10.1. The largest absolute Gasteiger partial charge is 0.484 e. The Hall–Kier alpha value is -2.82. The molecule has 0 aliphatic rings. The van der Waals surface area contributed by atoms with E-state index in [2.05, 4.69) is 10.6 Å². The number of anilines is 2. The molecule has 0 aliphatic heterocycles. The van der Waals surface area contributed by atoms with E-state index in [-0.39, 0.29) is 18.4 Å². The van der Waals surface area contributed by atoms with Crippen molar-refractivity contribution in [3.8, 4) is 5.75 Å². The molecule has 5 heteroatoms. The molecule has 2 N–H and O–H groups in total. The number of carbonyl (C=O) groups excluding carboxylic acids is 2. The van der Waals surface area contributed by atoms with Gasteiger partial charge in [-0.1, -0.05) is 18.2 Å². The predicted octanol–water partition coefficient (Wildman–Crippen LogP) is 3.28. The fourth-order valence-corrected chi connectivity index (χ4v) is 2.14. The maximum absolute atomic E-state index is 12.0. The van der Waals surface area contributed by atoms with Crippen LogP contribution in [0.15, 0.2) is 42.5 Å². The Labute approximate surface area is 135 Å². The zero-order chi connectivity index (χ0) is 16.8. The Kier molecular flexibility index (Phi) is 5.36. The zero-order valence-corrected chi connectivity index (χ0v) is 13.5. The number of aryl methyl sites for hydroxylation is 1. The number of amides is 2. The van der Waals surface area contributed by atoms with Crippen LogP contribution in [0.1, 0.15) is 18.1 Å². The summed E-state index contributed by atoms with van der Waals surface area (Å²) in [5, 5.41) is 5.52. The van der Waals surface area contributed by atoms with Crippen molar-refractivity contribution in [3.05, 3.63) is 53.6 Å². The van der Waals surface area contributed by atoms with E-state index in [4.69, 9.17) is 4.74 Å². The molecular formula is C18H20N2O3. The van der Waals surface area contributed by atoms with E-state index in [0.29, 0.717) is 17.1 Å². The van der Waals surface area contributed by atoms with Crippen LogP contribution >= 0.6 is 0 Å². The van der Waals surface area contributed by atoms with Crippen molar-refractivity contribution in [1.82, 2.24) is 0 Å². The fraction of sp³-hybridized carbons (Fsp3) is 0.222. The van der Waals surface area contributed by atoms with Crippen molar-refractivity contribution < 1.29 is 14.3 Å². The van der Waals surface area contributed by atoms with Gasteiger partial charge in [0.2, 0.25) is 5.91 Å². The highest BCUT2D eigenvalue weighted by atomic mass is 16.5. The molecule has 0 aromatic heterocycles. The maximum atomic E-state index is 12.0. The van der Waals surface area contributed by atoms with Gasteiger partial charge in [-0.2, -0.15) is 0 Å². The van der Waals surface area contributed by atoms with E-state index in [0.717, 1.165) is 11.1 Å². The monoisotopic (exact) mass is 312 g/mol. The minimum Gasteiger partial charge on any atom is -0.484 e. The van der Waals surface area contributed by atoms with E-state index >= 15 is 0 Å². The second kappa shape index (κ2) is 7.45. The minimum absolute atomic E-state index is 0.0761. The Morgan fingerprint density at radius 2 is 1.65 bits per heavy atom. The van der Waals surface area contributed by atoms with E-state index in [1.54, 1.807) is 18.2 Å². The third-order valence-electron chi connectivity index (χ3n) is 3.28. The highest BCUT2D eigenvalue weighted by Crippen LogP contribution is 2.23. The smallest absolute Gasteiger partial charge is 0.262 e. The van der Waals surface area contributed by atoms with E-state index < -0.39 is 0 Å². The van der Waals surface area contributed by atoms with Gasteiger partial charge in [0.05, 0.1) is 0 Å². The van der Waals surface area contributed by atoms with Gasteiger partial charge in [0.1, 0.15) is 5.75 Å². The van der Waals surface area contributed by atoms with Gasteiger partial charge in [0.15, 0.2) is 6.61 Å². The summed E-state index contributed by atoms with van der Waals surface area (Å²) in [5.74, 6) is 0.248. The first kappa shape index (κ1) is 16.5. The molecule has 0 saturated carbocycles. The van der Waals surface area contributed by atoms with Crippen LogP contribution < -0.4 is 15.4 Å². The molecule has 0 spiro atoms. The van der Waals surface area contributed by atoms with Crippen LogP contribution in [0.25, 0.3) is 0 Å². The molecule has 0 radical (unpaired) electrons. The molecular weight excluding hydrogens is 292 g/mol. The standard InChI is InChI=1S/C18H20N2O3/c1-12-6-4-7-15(10-12)23-11-18(22)20-17-9-5-8-16(13(17)2)19-14(3)21/h4-10H,11H2,1-3H3,(H,19,21)(H,20,22). The highest BCUT2D eigenvalue weighted by Gasteiger charge is 2.09. The molecule has 2 rings (SSSR count). The summed E-state index contributed by atoms with van der Waals surface area (Å²) in [6, 6.07) is 12.9. The van der Waals surface area contributed by atoms with Gasteiger partial charge in [-0.25, -0.2) is 0 Å². The van der Waals surface area contributed by atoms with Gasteiger partial charge < -0.3 is 15.4 Å². The van der Waals surface area contributed by atoms with Crippen molar-refractivity contribution in [1.29, 1.82) is 0 Å². The summed E-state index contributed by atoms with van der Waals surface area (Å²) in [4.78, 5) is 23.2. The molecule has 120 valence electrons. The average molecular weight is 312 g/mol. The van der Waals surface area contributed by atoms with Crippen LogP contribution in [0.2, 0.25) is 0 Å². The fourth-order valence-electron chi connectivity index (χ4n) is 2.14. The third kappa shape index (κ3) is 4.85. The molecule has 0 heterocycles. The molecule has 2 aromatic carbocycles. The predicted molar refractivity (Wildman–Crippen MR) is 90.8 cm³/mol. The van der Waals surface area contributed by atoms with Crippen LogP contribution in [0.3, 0.4) is 0 Å². The number of hydrogen-bond donors (Lipinski definition) is 2. The van der Waals surface area contributed by atoms with Crippen molar-refractivity contribution in [3.63, 3.8) is 0 Å². The summed E-state index contributed by atoms with van der Waals surface area (Å²) in [6.07, 6.45) is 0. The minimum atomic E-state index is -0.255. The second-order valence-corrected chi connectivity index (χ2v) is 5.31. The number of carbonyl (C=O) groups is 2. The molecule has 0 atom stereocenters. The lowest BCUT2D eigenvalue weighted by molar-refractivity contribution is -0.118. The van der Waals surface area contributed by atoms with Gasteiger partial charge in [0.25, 0.3) is 5.91 Å². The first-order valence-corrected chi connectivity index (χ1v) is 7.32. The third-order valence-corrected chi connectivity index (χ3v) is 3.28. The maximum Gasteiger partial charge on any atom is 0.262 e. The molecule has 0 unspecified atom stereocenters. The van der Waals surface area contributed by atoms with Gasteiger partial charge >= 0.3 is 0 Å². The normalized spacial score (nSPS) is 10.0. The van der Waals surface area contributed by atoms with Crippen LogP contribution in [0.4, 0.5) is 11.4 Å². The molecule has 23 heavy (non-hydrogen) atoms. The number of nitrogens with one attached hydrogen (secondary N) is 2. The summed E-state index contributed by atoms with van der Waals surface area (Å²) >= 11 is 0.